The molecule has 0 spiro atoms. The fourth-order valence-electron chi connectivity index (χ4n) is 1.52. The van der Waals surface area contributed by atoms with E-state index in [0.717, 1.165) is 18.3 Å². The first-order valence-corrected chi connectivity index (χ1v) is 5.89. The van der Waals surface area contributed by atoms with Crippen LogP contribution in [0.1, 0.15) is 11.3 Å². The van der Waals surface area contributed by atoms with Crippen LogP contribution < -0.4 is 4.74 Å². The third kappa shape index (κ3) is 4.34. The zero-order chi connectivity index (χ0) is 15.2. The van der Waals surface area contributed by atoms with E-state index >= 15 is 0 Å². The first-order chi connectivity index (χ1) is 10.0. The summed E-state index contributed by atoms with van der Waals surface area (Å²) in [7, 11) is 0. The molecular formula is C14H10F2N2O3. The Morgan fingerprint density at radius 2 is 2.10 bits per heavy atom. The molecule has 2 rings (SSSR count). The van der Waals surface area contributed by atoms with Gasteiger partial charge in [-0.25, -0.2) is 8.78 Å². The highest BCUT2D eigenvalue weighted by atomic mass is 19.1. The van der Waals surface area contributed by atoms with E-state index in [2.05, 4.69) is 4.98 Å². The number of rotatable bonds is 5. The van der Waals surface area contributed by atoms with Crippen molar-refractivity contribution in [3.05, 3.63) is 75.7 Å². The Labute approximate surface area is 118 Å². The van der Waals surface area contributed by atoms with Crippen LogP contribution in [-0.2, 0) is 6.61 Å². The van der Waals surface area contributed by atoms with Gasteiger partial charge >= 0.3 is 0 Å². The van der Waals surface area contributed by atoms with Crippen molar-refractivity contribution in [2.24, 2.45) is 0 Å². The number of aromatic nitrogens is 1. The predicted octanol–water partition coefficient (Wildman–Crippen LogP) is 3.19. The van der Waals surface area contributed by atoms with Crippen molar-refractivity contribution in [3.63, 3.8) is 0 Å². The summed E-state index contributed by atoms with van der Waals surface area (Å²) in [6.45, 7) is 0.0593. The molecular weight excluding hydrogens is 282 g/mol. The largest absolute Gasteiger partial charge is 0.487 e. The number of halogens is 2. The molecule has 1 aromatic carbocycles. The highest BCUT2D eigenvalue weighted by Gasteiger charge is 2.04. The van der Waals surface area contributed by atoms with Crippen LogP contribution in [0.4, 0.5) is 8.78 Å². The molecule has 0 fully saturated rings. The van der Waals surface area contributed by atoms with E-state index in [4.69, 9.17) is 4.74 Å². The van der Waals surface area contributed by atoms with E-state index in [9.17, 15) is 18.9 Å². The van der Waals surface area contributed by atoms with Gasteiger partial charge < -0.3 is 4.74 Å². The highest BCUT2D eigenvalue weighted by molar-refractivity contribution is 5.50. The lowest BCUT2D eigenvalue weighted by molar-refractivity contribution is -0.400. The van der Waals surface area contributed by atoms with Crippen LogP contribution in [-0.4, -0.2) is 9.91 Å². The Kier molecular flexibility index (Phi) is 4.55. The average Bonchev–Trinajstić information content (AvgIpc) is 2.45. The molecule has 1 aromatic heterocycles. The van der Waals surface area contributed by atoms with Gasteiger partial charge in [0, 0.05) is 17.7 Å². The Hall–Kier alpha value is -2.83. The van der Waals surface area contributed by atoms with Crippen molar-refractivity contribution in [2.75, 3.05) is 0 Å². The van der Waals surface area contributed by atoms with Gasteiger partial charge in [0.05, 0.1) is 16.8 Å². The SMILES string of the molecule is O=[N+]([O-])C=Cc1ccc(OCc2ccc(F)cn2)cc1F. The molecule has 5 nitrogen and oxygen atoms in total. The molecule has 0 radical (unpaired) electrons. The lowest BCUT2D eigenvalue weighted by Crippen LogP contribution is -1.99. The summed E-state index contributed by atoms with van der Waals surface area (Å²) in [5.74, 6) is -0.846. The smallest absolute Gasteiger partial charge is 0.235 e. The van der Waals surface area contributed by atoms with Crippen LogP contribution in [0.2, 0.25) is 0 Å². The van der Waals surface area contributed by atoms with Crippen molar-refractivity contribution in [1.29, 1.82) is 0 Å². The summed E-state index contributed by atoms with van der Waals surface area (Å²) in [6.07, 6.45) is 2.77. The standard InChI is InChI=1S/C14H10F2N2O3/c15-11-2-3-12(17-8-11)9-21-13-4-1-10(14(16)7-13)5-6-18(19)20/h1-8H,9H2. The molecule has 0 unspecified atom stereocenters. The number of nitrogens with zero attached hydrogens (tertiary/aromatic N) is 2. The number of hydrogen-bond acceptors (Lipinski definition) is 4. The van der Waals surface area contributed by atoms with Gasteiger partial charge in [0.25, 0.3) is 0 Å². The fourth-order valence-corrected chi connectivity index (χ4v) is 1.52. The summed E-state index contributed by atoms with van der Waals surface area (Å²) in [4.78, 5) is 13.3. The van der Waals surface area contributed by atoms with E-state index in [1.165, 1.54) is 24.3 Å². The highest BCUT2D eigenvalue weighted by Crippen LogP contribution is 2.18. The van der Waals surface area contributed by atoms with Crippen LogP contribution >= 0.6 is 0 Å². The van der Waals surface area contributed by atoms with Gasteiger partial charge in [-0.15, -0.1) is 0 Å². The lowest BCUT2D eigenvalue weighted by atomic mass is 10.2. The van der Waals surface area contributed by atoms with Crippen molar-refractivity contribution in [2.45, 2.75) is 6.61 Å². The van der Waals surface area contributed by atoms with Crippen molar-refractivity contribution < 1.29 is 18.4 Å². The van der Waals surface area contributed by atoms with Crippen LogP contribution in [0.25, 0.3) is 6.08 Å². The zero-order valence-corrected chi connectivity index (χ0v) is 10.7. The molecule has 1 heterocycles. The van der Waals surface area contributed by atoms with Gasteiger partial charge in [0.2, 0.25) is 6.20 Å². The Balaban J connectivity index is 2.03. The summed E-state index contributed by atoms with van der Waals surface area (Å²) < 4.78 is 31.6. The molecule has 0 aliphatic heterocycles. The molecule has 0 atom stereocenters. The van der Waals surface area contributed by atoms with E-state index < -0.39 is 16.6 Å². The number of nitro groups is 1. The van der Waals surface area contributed by atoms with Crippen LogP contribution in [0, 0.1) is 21.7 Å². The molecule has 0 aliphatic carbocycles. The molecule has 0 N–H and O–H groups in total. The molecule has 21 heavy (non-hydrogen) atoms. The van der Waals surface area contributed by atoms with Crippen LogP contribution in [0.3, 0.4) is 0 Å². The van der Waals surface area contributed by atoms with Crippen LogP contribution in [0.5, 0.6) is 5.75 Å². The first kappa shape index (κ1) is 14.6. The monoisotopic (exact) mass is 292 g/mol. The van der Waals surface area contributed by atoms with Gasteiger partial charge in [0.1, 0.15) is 24.0 Å². The summed E-state index contributed by atoms with van der Waals surface area (Å²) in [5, 5.41) is 10.2. The second-order valence-electron chi connectivity index (χ2n) is 4.04. The molecule has 7 heteroatoms. The zero-order valence-electron chi connectivity index (χ0n) is 10.7. The van der Waals surface area contributed by atoms with E-state index in [-0.39, 0.29) is 17.9 Å². The first-order valence-electron chi connectivity index (χ1n) is 5.89. The average molecular weight is 292 g/mol. The predicted molar refractivity (Wildman–Crippen MR) is 71.0 cm³/mol. The fraction of sp³-hybridized carbons (Fsp3) is 0.0714. The number of benzene rings is 1. The summed E-state index contributed by atoms with van der Waals surface area (Å²) >= 11 is 0. The van der Waals surface area contributed by atoms with Gasteiger partial charge in [-0.05, 0) is 24.3 Å². The second kappa shape index (κ2) is 6.56. The van der Waals surface area contributed by atoms with Crippen molar-refractivity contribution >= 4 is 6.08 Å². The number of ether oxygens (including phenoxy) is 1. The quantitative estimate of drug-likeness (QED) is 0.627. The molecule has 0 amide bonds. The third-order valence-electron chi connectivity index (χ3n) is 2.52. The van der Waals surface area contributed by atoms with E-state index in [1.807, 2.05) is 0 Å². The molecule has 0 bridgehead atoms. The third-order valence-corrected chi connectivity index (χ3v) is 2.52. The minimum atomic E-state index is -0.677. The van der Waals surface area contributed by atoms with Gasteiger partial charge in [-0.3, -0.25) is 15.1 Å². The van der Waals surface area contributed by atoms with E-state index in [0.29, 0.717) is 11.9 Å². The van der Waals surface area contributed by atoms with Crippen LogP contribution in [0.15, 0.2) is 42.7 Å². The van der Waals surface area contributed by atoms with Gasteiger partial charge in [-0.1, -0.05) is 0 Å². The maximum atomic E-state index is 13.7. The Morgan fingerprint density at radius 1 is 1.29 bits per heavy atom. The van der Waals surface area contributed by atoms with Gasteiger partial charge in [0.15, 0.2) is 0 Å². The summed E-state index contributed by atoms with van der Waals surface area (Å²) in [5.41, 5.74) is 0.577. The molecule has 0 saturated carbocycles. The molecule has 2 aromatic rings. The lowest BCUT2D eigenvalue weighted by Gasteiger charge is -2.06. The Morgan fingerprint density at radius 3 is 2.71 bits per heavy atom. The minimum Gasteiger partial charge on any atom is -0.487 e. The van der Waals surface area contributed by atoms with Gasteiger partial charge in [-0.2, -0.15) is 0 Å². The molecule has 0 saturated heterocycles. The molecule has 108 valence electrons. The van der Waals surface area contributed by atoms with Crippen molar-refractivity contribution in [3.8, 4) is 5.75 Å². The van der Waals surface area contributed by atoms with Crippen molar-refractivity contribution in [1.82, 2.24) is 4.98 Å². The topological polar surface area (TPSA) is 65.3 Å². The number of hydrogen-bond donors (Lipinski definition) is 0. The molecule has 0 aliphatic rings. The minimum absolute atomic E-state index is 0.0593. The summed E-state index contributed by atoms with van der Waals surface area (Å²) in [6, 6.07) is 6.66. The normalized spacial score (nSPS) is 10.8. The number of pyridine rings is 1. The maximum Gasteiger partial charge on any atom is 0.235 e. The Bertz CT molecular complexity index is 672. The maximum absolute atomic E-state index is 13.7. The second-order valence-corrected chi connectivity index (χ2v) is 4.04. The van der Waals surface area contributed by atoms with E-state index in [1.54, 1.807) is 0 Å².